The van der Waals surface area contributed by atoms with Gasteiger partial charge in [0.05, 0.1) is 0 Å². The van der Waals surface area contributed by atoms with Crippen LogP contribution in [0, 0.1) is 0 Å². The summed E-state index contributed by atoms with van der Waals surface area (Å²) in [6.07, 6.45) is 5.19. The van der Waals surface area contributed by atoms with E-state index in [1.54, 1.807) is 6.07 Å². The van der Waals surface area contributed by atoms with Crippen molar-refractivity contribution in [1.29, 1.82) is 0 Å². The second-order valence-electron chi connectivity index (χ2n) is 7.00. The van der Waals surface area contributed by atoms with Crippen molar-refractivity contribution in [3.63, 3.8) is 0 Å². The van der Waals surface area contributed by atoms with Gasteiger partial charge in [-0.3, -0.25) is 4.98 Å². The first-order chi connectivity index (χ1) is 11.2. The standard InChI is InChI=1S/C16H25N3O4S/c1-16(2,3)23-15(20)18-12-6-8-13(9-7-12)19-24(21,22)14-5-4-10-17-11-14/h4-5,10-13,19H,6-9H2,1-3H3,(H,18,20)/t12-,13-. The fraction of sp³-hybridized carbons (Fsp3) is 0.625. The highest BCUT2D eigenvalue weighted by atomic mass is 32.2. The van der Waals surface area contributed by atoms with E-state index in [9.17, 15) is 13.2 Å². The van der Waals surface area contributed by atoms with Crippen LogP contribution >= 0.6 is 0 Å². The summed E-state index contributed by atoms with van der Waals surface area (Å²) in [5, 5.41) is 2.84. The smallest absolute Gasteiger partial charge is 0.407 e. The van der Waals surface area contributed by atoms with E-state index in [1.165, 1.54) is 18.5 Å². The molecule has 2 rings (SSSR count). The van der Waals surface area contributed by atoms with Crippen LogP contribution in [-0.4, -0.2) is 37.2 Å². The van der Waals surface area contributed by atoms with Crippen LogP contribution in [0.5, 0.6) is 0 Å². The van der Waals surface area contributed by atoms with Crippen LogP contribution in [0.2, 0.25) is 0 Å². The number of ether oxygens (including phenoxy) is 1. The summed E-state index contributed by atoms with van der Waals surface area (Å²) in [6, 6.07) is 2.99. The molecule has 0 atom stereocenters. The third-order valence-corrected chi connectivity index (χ3v) is 5.22. The molecule has 1 heterocycles. The average molecular weight is 355 g/mol. The minimum absolute atomic E-state index is 0.0130. The Morgan fingerprint density at radius 3 is 2.38 bits per heavy atom. The van der Waals surface area contributed by atoms with Gasteiger partial charge in [0, 0.05) is 24.5 Å². The fourth-order valence-electron chi connectivity index (χ4n) is 2.62. The van der Waals surface area contributed by atoms with Crippen molar-refractivity contribution >= 4 is 16.1 Å². The number of alkyl carbamates (subject to hydrolysis) is 1. The third-order valence-electron chi connectivity index (χ3n) is 3.71. The predicted molar refractivity (Wildman–Crippen MR) is 90.0 cm³/mol. The zero-order chi connectivity index (χ0) is 17.8. The van der Waals surface area contributed by atoms with Crippen LogP contribution in [0.15, 0.2) is 29.4 Å². The number of pyridine rings is 1. The van der Waals surface area contributed by atoms with E-state index in [4.69, 9.17) is 4.74 Å². The van der Waals surface area contributed by atoms with Gasteiger partial charge < -0.3 is 10.1 Å². The van der Waals surface area contributed by atoms with E-state index in [-0.39, 0.29) is 17.0 Å². The molecule has 134 valence electrons. The van der Waals surface area contributed by atoms with Gasteiger partial charge in [-0.1, -0.05) is 0 Å². The highest BCUT2D eigenvalue weighted by Crippen LogP contribution is 2.21. The van der Waals surface area contributed by atoms with Crippen LogP contribution in [-0.2, 0) is 14.8 Å². The second-order valence-corrected chi connectivity index (χ2v) is 8.72. The molecule has 0 aromatic carbocycles. The maximum absolute atomic E-state index is 12.3. The number of rotatable bonds is 4. The molecular formula is C16H25N3O4S. The molecule has 0 aliphatic heterocycles. The van der Waals surface area contributed by atoms with Crippen molar-refractivity contribution in [2.75, 3.05) is 0 Å². The van der Waals surface area contributed by atoms with E-state index in [0.29, 0.717) is 25.7 Å². The Hall–Kier alpha value is -1.67. The molecule has 0 bridgehead atoms. The molecule has 7 nitrogen and oxygen atoms in total. The lowest BCUT2D eigenvalue weighted by Crippen LogP contribution is -2.45. The first kappa shape index (κ1) is 18.7. The van der Waals surface area contributed by atoms with Crippen molar-refractivity contribution in [2.45, 2.75) is 69.0 Å². The van der Waals surface area contributed by atoms with Gasteiger partial charge in [-0.2, -0.15) is 0 Å². The Labute approximate surface area is 143 Å². The normalized spacial score (nSPS) is 22.0. The Kier molecular flexibility index (Phi) is 5.82. The number of hydrogen-bond acceptors (Lipinski definition) is 5. The lowest BCUT2D eigenvalue weighted by Gasteiger charge is -2.30. The third kappa shape index (κ3) is 5.76. The molecule has 8 heteroatoms. The molecular weight excluding hydrogens is 330 g/mol. The molecule has 1 amide bonds. The van der Waals surface area contributed by atoms with Crippen LogP contribution < -0.4 is 10.0 Å². The maximum Gasteiger partial charge on any atom is 0.407 e. The van der Waals surface area contributed by atoms with Crippen molar-refractivity contribution in [3.05, 3.63) is 24.5 Å². The number of carbonyl (C=O) groups is 1. The summed E-state index contributed by atoms with van der Waals surface area (Å²) in [4.78, 5) is 15.8. The number of amides is 1. The summed E-state index contributed by atoms with van der Waals surface area (Å²) in [6.45, 7) is 5.45. The van der Waals surface area contributed by atoms with Gasteiger partial charge in [-0.25, -0.2) is 17.9 Å². The van der Waals surface area contributed by atoms with Gasteiger partial charge in [0.15, 0.2) is 0 Å². The number of carbonyl (C=O) groups excluding carboxylic acids is 1. The van der Waals surface area contributed by atoms with Gasteiger partial charge in [0.2, 0.25) is 10.0 Å². The summed E-state index contributed by atoms with van der Waals surface area (Å²) in [5.74, 6) is 0. The predicted octanol–water partition coefficient (Wildman–Crippen LogP) is 2.20. The van der Waals surface area contributed by atoms with Crippen LogP contribution in [0.25, 0.3) is 0 Å². The Bertz CT molecular complexity index is 648. The van der Waals surface area contributed by atoms with Gasteiger partial charge in [-0.15, -0.1) is 0 Å². The number of sulfonamides is 1. The summed E-state index contributed by atoms with van der Waals surface area (Å²) < 4.78 is 32.5. The monoisotopic (exact) mass is 355 g/mol. The fourth-order valence-corrected chi connectivity index (χ4v) is 3.89. The maximum atomic E-state index is 12.3. The molecule has 0 unspecified atom stereocenters. The highest BCUT2D eigenvalue weighted by molar-refractivity contribution is 7.89. The molecule has 1 aliphatic rings. The van der Waals surface area contributed by atoms with Gasteiger partial charge >= 0.3 is 6.09 Å². The van der Waals surface area contributed by atoms with Crippen LogP contribution in [0.4, 0.5) is 4.79 Å². The molecule has 0 spiro atoms. The zero-order valence-electron chi connectivity index (χ0n) is 14.3. The first-order valence-corrected chi connectivity index (χ1v) is 9.56. The molecule has 24 heavy (non-hydrogen) atoms. The quantitative estimate of drug-likeness (QED) is 0.863. The van der Waals surface area contributed by atoms with Crippen molar-refractivity contribution < 1.29 is 17.9 Å². The van der Waals surface area contributed by atoms with Crippen LogP contribution in [0.3, 0.4) is 0 Å². The van der Waals surface area contributed by atoms with E-state index < -0.39 is 21.7 Å². The lowest BCUT2D eigenvalue weighted by molar-refractivity contribution is 0.0490. The second kappa shape index (κ2) is 7.48. The molecule has 1 aromatic heterocycles. The Morgan fingerprint density at radius 1 is 1.21 bits per heavy atom. The van der Waals surface area contributed by atoms with Gasteiger partial charge in [-0.05, 0) is 58.6 Å². The van der Waals surface area contributed by atoms with E-state index in [2.05, 4.69) is 15.0 Å². The Balaban J connectivity index is 1.82. The minimum atomic E-state index is -3.55. The zero-order valence-corrected chi connectivity index (χ0v) is 15.1. The largest absolute Gasteiger partial charge is 0.444 e. The lowest BCUT2D eigenvalue weighted by atomic mass is 9.92. The molecule has 0 radical (unpaired) electrons. The number of aromatic nitrogens is 1. The SMILES string of the molecule is CC(C)(C)OC(=O)N[C@H]1CC[C@H](NS(=O)(=O)c2cccnc2)CC1. The van der Waals surface area contributed by atoms with Crippen molar-refractivity contribution in [2.24, 2.45) is 0 Å². The topological polar surface area (TPSA) is 97.4 Å². The van der Waals surface area contributed by atoms with Gasteiger partial charge in [0.1, 0.15) is 10.5 Å². The number of hydrogen-bond donors (Lipinski definition) is 2. The highest BCUT2D eigenvalue weighted by Gasteiger charge is 2.27. The molecule has 1 aliphatic carbocycles. The van der Waals surface area contributed by atoms with E-state index in [0.717, 1.165) is 0 Å². The summed E-state index contributed by atoms with van der Waals surface area (Å²) in [5.41, 5.74) is -0.527. The molecule has 1 fully saturated rings. The van der Waals surface area contributed by atoms with Crippen molar-refractivity contribution in [3.8, 4) is 0 Å². The van der Waals surface area contributed by atoms with E-state index >= 15 is 0 Å². The summed E-state index contributed by atoms with van der Waals surface area (Å²) in [7, 11) is -3.55. The van der Waals surface area contributed by atoms with E-state index in [1.807, 2.05) is 20.8 Å². The molecule has 1 saturated carbocycles. The number of nitrogens with zero attached hydrogens (tertiary/aromatic N) is 1. The van der Waals surface area contributed by atoms with Crippen LogP contribution in [0.1, 0.15) is 46.5 Å². The van der Waals surface area contributed by atoms with Gasteiger partial charge in [0.25, 0.3) is 0 Å². The molecule has 1 aromatic rings. The number of nitrogens with one attached hydrogen (secondary N) is 2. The minimum Gasteiger partial charge on any atom is -0.444 e. The summed E-state index contributed by atoms with van der Waals surface area (Å²) >= 11 is 0. The molecule has 0 saturated heterocycles. The van der Waals surface area contributed by atoms with Crippen molar-refractivity contribution in [1.82, 2.24) is 15.0 Å². The average Bonchev–Trinajstić information content (AvgIpc) is 2.48. The first-order valence-electron chi connectivity index (χ1n) is 8.07. The molecule has 2 N–H and O–H groups in total. The Morgan fingerprint density at radius 2 is 1.83 bits per heavy atom.